The first-order chi connectivity index (χ1) is 11.0. The van der Waals surface area contributed by atoms with E-state index in [2.05, 4.69) is 5.32 Å². The Morgan fingerprint density at radius 2 is 2.00 bits per heavy atom. The largest absolute Gasteiger partial charge is 0.355 e. The first kappa shape index (κ1) is 20.5. The van der Waals surface area contributed by atoms with E-state index in [1.54, 1.807) is 4.90 Å². The van der Waals surface area contributed by atoms with Gasteiger partial charge in [-0.15, -0.1) is 12.4 Å². The van der Waals surface area contributed by atoms with E-state index in [9.17, 15) is 9.59 Å². The smallest absolute Gasteiger partial charge is 0.253 e. The number of nitrogens with zero attached hydrogens (tertiary/aromatic N) is 1. The van der Waals surface area contributed by atoms with Crippen LogP contribution in [-0.4, -0.2) is 42.9 Å². The second-order valence-electron chi connectivity index (χ2n) is 6.81. The number of piperidine rings is 1. The molecule has 0 saturated carbocycles. The molecule has 2 unspecified atom stereocenters. The third kappa shape index (κ3) is 4.95. The summed E-state index contributed by atoms with van der Waals surface area (Å²) in [4.78, 5) is 27.0. The molecular weight excluding hydrogens is 326 g/mol. The number of likely N-dealkylation sites (tertiary alicyclic amines) is 1. The summed E-state index contributed by atoms with van der Waals surface area (Å²) in [6.07, 6.45) is 1.64. The van der Waals surface area contributed by atoms with Crippen LogP contribution in [0.4, 0.5) is 0 Å². The van der Waals surface area contributed by atoms with E-state index in [0.29, 0.717) is 31.7 Å². The van der Waals surface area contributed by atoms with Gasteiger partial charge in [0.1, 0.15) is 0 Å². The number of carbonyl (C=O) groups is 2. The van der Waals surface area contributed by atoms with Crippen molar-refractivity contribution in [3.05, 3.63) is 35.9 Å². The molecule has 1 saturated heterocycles. The van der Waals surface area contributed by atoms with E-state index in [4.69, 9.17) is 5.73 Å². The van der Waals surface area contributed by atoms with Gasteiger partial charge in [0.15, 0.2) is 0 Å². The van der Waals surface area contributed by atoms with Crippen molar-refractivity contribution in [1.82, 2.24) is 10.2 Å². The molecular formula is C18H28ClN3O2. The summed E-state index contributed by atoms with van der Waals surface area (Å²) in [5.41, 5.74) is 5.74. The van der Waals surface area contributed by atoms with Gasteiger partial charge in [0.25, 0.3) is 5.91 Å². The highest BCUT2D eigenvalue weighted by atomic mass is 35.5. The van der Waals surface area contributed by atoms with Crippen LogP contribution in [0.15, 0.2) is 30.3 Å². The van der Waals surface area contributed by atoms with Crippen LogP contribution in [0.5, 0.6) is 0 Å². The Bertz CT molecular complexity index is 552. The maximum absolute atomic E-state index is 12.6. The van der Waals surface area contributed by atoms with E-state index < -0.39 is 5.41 Å². The van der Waals surface area contributed by atoms with Crippen LogP contribution in [0.2, 0.25) is 0 Å². The van der Waals surface area contributed by atoms with Crippen LogP contribution in [0, 0.1) is 11.3 Å². The SMILES string of the molecule is CC(CN)CNC(=O)C1(C)CCCN(C(=O)c2ccccc2)C1.Cl. The number of rotatable bonds is 5. The highest BCUT2D eigenvalue weighted by Crippen LogP contribution is 2.30. The molecule has 6 heteroatoms. The van der Waals surface area contributed by atoms with Crippen molar-refractivity contribution in [3.8, 4) is 0 Å². The zero-order valence-corrected chi connectivity index (χ0v) is 15.3. The number of carbonyl (C=O) groups excluding carboxylic acids is 2. The molecule has 0 bridgehead atoms. The van der Waals surface area contributed by atoms with Gasteiger partial charge < -0.3 is 16.0 Å². The van der Waals surface area contributed by atoms with E-state index in [0.717, 1.165) is 12.8 Å². The fourth-order valence-electron chi connectivity index (χ4n) is 2.93. The van der Waals surface area contributed by atoms with Crippen molar-refractivity contribution in [2.75, 3.05) is 26.2 Å². The number of nitrogens with two attached hydrogens (primary N) is 1. The lowest BCUT2D eigenvalue weighted by atomic mass is 9.80. The van der Waals surface area contributed by atoms with Crippen molar-refractivity contribution in [3.63, 3.8) is 0 Å². The van der Waals surface area contributed by atoms with Gasteiger partial charge in [-0.1, -0.05) is 25.1 Å². The van der Waals surface area contributed by atoms with Gasteiger partial charge >= 0.3 is 0 Å². The van der Waals surface area contributed by atoms with Crippen LogP contribution < -0.4 is 11.1 Å². The van der Waals surface area contributed by atoms with E-state index in [1.807, 2.05) is 44.2 Å². The normalized spacial score (nSPS) is 21.5. The van der Waals surface area contributed by atoms with Gasteiger partial charge in [-0.2, -0.15) is 0 Å². The molecule has 2 atom stereocenters. The number of nitrogens with one attached hydrogen (secondary N) is 1. The van der Waals surface area contributed by atoms with Crippen molar-refractivity contribution in [2.45, 2.75) is 26.7 Å². The Hall–Kier alpha value is -1.59. The number of halogens is 1. The first-order valence-corrected chi connectivity index (χ1v) is 8.29. The maximum Gasteiger partial charge on any atom is 0.253 e. The van der Waals surface area contributed by atoms with Crippen LogP contribution >= 0.6 is 12.4 Å². The molecule has 1 heterocycles. The molecule has 5 nitrogen and oxygen atoms in total. The van der Waals surface area contributed by atoms with Crippen LogP contribution in [0.25, 0.3) is 0 Å². The molecule has 1 aliphatic heterocycles. The van der Waals surface area contributed by atoms with Gasteiger partial charge in [-0.25, -0.2) is 0 Å². The number of benzene rings is 1. The van der Waals surface area contributed by atoms with E-state index >= 15 is 0 Å². The number of hydrogen-bond donors (Lipinski definition) is 2. The summed E-state index contributed by atoms with van der Waals surface area (Å²) in [7, 11) is 0. The maximum atomic E-state index is 12.6. The van der Waals surface area contributed by atoms with Crippen molar-refractivity contribution in [2.24, 2.45) is 17.1 Å². The predicted molar refractivity (Wildman–Crippen MR) is 98.2 cm³/mol. The lowest BCUT2D eigenvalue weighted by molar-refractivity contribution is -0.132. The molecule has 24 heavy (non-hydrogen) atoms. The Balaban J connectivity index is 0.00000288. The molecule has 0 radical (unpaired) electrons. The quantitative estimate of drug-likeness (QED) is 0.850. The molecule has 0 aliphatic carbocycles. The molecule has 1 aromatic carbocycles. The number of hydrogen-bond acceptors (Lipinski definition) is 3. The van der Waals surface area contributed by atoms with Gasteiger partial charge in [0, 0.05) is 25.2 Å². The Morgan fingerprint density at radius 3 is 2.62 bits per heavy atom. The first-order valence-electron chi connectivity index (χ1n) is 8.29. The minimum absolute atomic E-state index is 0. The average molecular weight is 354 g/mol. The predicted octanol–water partition coefficient (Wildman–Crippen LogP) is 2.06. The minimum atomic E-state index is -0.531. The van der Waals surface area contributed by atoms with Crippen molar-refractivity contribution < 1.29 is 9.59 Å². The third-order valence-electron chi connectivity index (χ3n) is 4.57. The Morgan fingerprint density at radius 1 is 1.33 bits per heavy atom. The van der Waals surface area contributed by atoms with E-state index in [1.165, 1.54) is 0 Å². The van der Waals surface area contributed by atoms with Crippen LogP contribution in [0.1, 0.15) is 37.0 Å². The average Bonchev–Trinajstić information content (AvgIpc) is 2.59. The summed E-state index contributed by atoms with van der Waals surface area (Å²) < 4.78 is 0. The Kier molecular flexibility index (Phi) is 7.70. The monoisotopic (exact) mass is 353 g/mol. The fourth-order valence-corrected chi connectivity index (χ4v) is 2.93. The molecule has 0 aromatic heterocycles. The molecule has 1 aliphatic rings. The van der Waals surface area contributed by atoms with Crippen molar-refractivity contribution >= 4 is 24.2 Å². The summed E-state index contributed by atoms with van der Waals surface area (Å²) in [6, 6.07) is 9.24. The highest BCUT2D eigenvalue weighted by molar-refractivity contribution is 5.95. The van der Waals surface area contributed by atoms with Gasteiger partial charge in [-0.3, -0.25) is 9.59 Å². The zero-order valence-electron chi connectivity index (χ0n) is 14.5. The fraction of sp³-hybridized carbons (Fsp3) is 0.556. The standard InChI is InChI=1S/C18H27N3O2.ClH/c1-14(11-19)12-20-17(23)18(2)9-6-10-21(13-18)16(22)15-7-4-3-5-8-15;/h3-5,7-8,14H,6,9-13,19H2,1-2H3,(H,20,23);1H. The molecule has 0 spiro atoms. The minimum Gasteiger partial charge on any atom is -0.355 e. The lowest BCUT2D eigenvalue weighted by Crippen LogP contribution is -2.52. The second-order valence-corrected chi connectivity index (χ2v) is 6.81. The van der Waals surface area contributed by atoms with Gasteiger partial charge in [0.2, 0.25) is 5.91 Å². The van der Waals surface area contributed by atoms with Crippen molar-refractivity contribution in [1.29, 1.82) is 0 Å². The zero-order chi connectivity index (χ0) is 16.9. The second kappa shape index (κ2) is 9.04. The lowest BCUT2D eigenvalue weighted by Gasteiger charge is -2.39. The topological polar surface area (TPSA) is 75.4 Å². The number of amides is 2. The van der Waals surface area contributed by atoms with Gasteiger partial charge in [-0.05, 0) is 44.4 Å². The molecule has 2 amide bonds. The van der Waals surface area contributed by atoms with Crippen LogP contribution in [0.3, 0.4) is 0 Å². The summed E-state index contributed by atoms with van der Waals surface area (Å²) in [5, 5.41) is 2.99. The van der Waals surface area contributed by atoms with Gasteiger partial charge in [0.05, 0.1) is 5.41 Å². The molecule has 2 rings (SSSR count). The molecule has 1 aromatic rings. The summed E-state index contributed by atoms with van der Waals surface area (Å²) in [5.74, 6) is 0.274. The van der Waals surface area contributed by atoms with Crippen LogP contribution in [-0.2, 0) is 4.79 Å². The van der Waals surface area contributed by atoms with E-state index in [-0.39, 0.29) is 30.1 Å². The molecule has 1 fully saturated rings. The highest BCUT2D eigenvalue weighted by Gasteiger charge is 2.39. The summed E-state index contributed by atoms with van der Waals surface area (Å²) in [6.45, 7) is 6.25. The molecule has 3 N–H and O–H groups in total. The third-order valence-corrected chi connectivity index (χ3v) is 4.57. The summed E-state index contributed by atoms with van der Waals surface area (Å²) >= 11 is 0. The Labute approximate surface area is 150 Å². The molecule has 134 valence electrons.